The monoisotopic (exact) mass is 276 g/mol. The van der Waals surface area contributed by atoms with Crippen molar-refractivity contribution in [2.45, 2.75) is 44.2 Å². The molecule has 0 heterocycles. The molecule has 0 aliphatic heterocycles. The van der Waals surface area contributed by atoms with Crippen molar-refractivity contribution in [1.29, 1.82) is 0 Å². The van der Waals surface area contributed by atoms with E-state index in [1.165, 1.54) is 0 Å². The fourth-order valence-corrected chi connectivity index (χ4v) is 2.78. The fraction of sp³-hybridized carbons (Fsp3) is 0.562. The molecule has 110 valence electrons. The second-order valence-corrected chi connectivity index (χ2v) is 5.73. The van der Waals surface area contributed by atoms with Gasteiger partial charge in [0, 0.05) is 6.54 Å². The van der Waals surface area contributed by atoms with Crippen LogP contribution in [0, 0.1) is 5.92 Å². The minimum Gasteiger partial charge on any atom is -0.393 e. The topological polar surface area (TPSA) is 75.4 Å². The standard InChI is InChI=1S/C16H24N2O2/c17-15(10-12-5-2-1-3-6-12)16(20)18-11-13-7-4-8-14(19)9-13/h1-3,5-6,13-15,19H,4,7-11,17H2,(H,18,20)/t13?,14?,15-/m1/s1. The third-order valence-corrected chi connectivity index (χ3v) is 3.96. The van der Waals surface area contributed by atoms with Gasteiger partial charge in [-0.15, -0.1) is 0 Å². The molecule has 0 bridgehead atoms. The van der Waals surface area contributed by atoms with E-state index in [2.05, 4.69) is 5.32 Å². The first-order chi connectivity index (χ1) is 9.65. The summed E-state index contributed by atoms with van der Waals surface area (Å²) in [5.41, 5.74) is 7.00. The van der Waals surface area contributed by atoms with Crippen LogP contribution in [0.15, 0.2) is 30.3 Å². The van der Waals surface area contributed by atoms with E-state index in [4.69, 9.17) is 5.73 Å². The smallest absolute Gasteiger partial charge is 0.237 e. The van der Waals surface area contributed by atoms with Gasteiger partial charge in [-0.1, -0.05) is 36.8 Å². The van der Waals surface area contributed by atoms with Crippen LogP contribution in [0.3, 0.4) is 0 Å². The van der Waals surface area contributed by atoms with Crippen molar-refractivity contribution < 1.29 is 9.90 Å². The first-order valence-corrected chi connectivity index (χ1v) is 7.40. The quantitative estimate of drug-likeness (QED) is 0.757. The Balaban J connectivity index is 1.74. The molecule has 0 spiro atoms. The molecule has 2 unspecified atom stereocenters. The highest BCUT2D eigenvalue weighted by Gasteiger charge is 2.21. The van der Waals surface area contributed by atoms with Crippen LogP contribution in [-0.4, -0.2) is 29.7 Å². The summed E-state index contributed by atoms with van der Waals surface area (Å²) in [5.74, 6) is 0.278. The molecular weight excluding hydrogens is 252 g/mol. The van der Waals surface area contributed by atoms with Crippen LogP contribution in [0.2, 0.25) is 0 Å². The molecule has 0 aromatic heterocycles. The zero-order valence-electron chi connectivity index (χ0n) is 11.8. The van der Waals surface area contributed by atoms with Gasteiger partial charge < -0.3 is 16.2 Å². The second kappa shape index (κ2) is 7.41. The third-order valence-electron chi connectivity index (χ3n) is 3.96. The van der Waals surface area contributed by atoms with Crippen LogP contribution >= 0.6 is 0 Å². The Labute approximate surface area is 120 Å². The summed E-state index contributed by atoms with van der Waals surface area (Å²) in [6.07, 6.45) is 4.14. The molecule has 4 heteroatoms. The Morgan fingerprint density at radius 3 is 2.80 bits per heavy atom. The molecule has 1 fully saturated rings. The van der Waals surface area contributed by atoms with E-state index in [1.54, 1.807) is 0 Å². The summed E-state index contributed by atoms with van der Waals surface area (Å²) >= 11 is 0. The lowest BCUT2D eigenvalue weighted by Gasteiger charge is -2.26. The van der Waals surface area contributed by atoms with Gasteiger partial charge in [-0.3, -0.25) is 4.79 Å². The molecule has 0 saturated heterocycles. The Morgan fingerprint density at radius 1 is 1.35 bits per heavy atom. The average Bonchev–Trinajstić information content (AvgIpc) is 2.46. The maximum Gasteiger partial charge on any atom is 0.237 e. The molecule has 3 atom stereocenters. The van der Waals surface area contributed by atoms with Crippen LogP contribution in [0.25, 0.3) is 0 Å². The number of hydrogen-bond acceptors (Lipinski definition) is 3. The van der Waals surface area contributed by atoms with E-state index in [9.17, 15) is 9.90 Å². The van der Waals surface area contributed by atoms with Crippen LogP contribution in [0.5, 0.6) is 0 Å². The summed E-state index contributed by atoms with van der Waals surface area (Å²) in [6, 6.07) is 9.29. The molecule has 1 aliphatic rings. The molecule has 1 aliphatic carbocycles. The maximum absolute atomic E-state index is 12.0. The fourth-order valence-electron chi connectivity index (χ4n) is 2.78. The van der Waals surface area contributed by atoms with Crippen molar-refractivity contribution in [1.82, 2.24) is 5.32 Å². The SMILES string of the molecule is N[C@H](Cc1ccccc1)C(=O)NCC1CCCC(O)C1. The van der Waals surface area contributed by atoms with E-state index in [0.717, 1.165) is 31.2 Å². The lowest BCUT2D eigenvalue weighted by Crippen LogP contribution is -2.44. The highest BCUT2D eigenvalue weighted by atomic mass is 16.3. The van der Waals surface area contributed by atoms with E-state index >= 15 is 0 Å². The van der Waals surface area contributed by atoms with Crippen molar-refractivity contribution >= 4 is 5.91 Å². The lowest BCUT2D eigenvalue weighted by molar-refractivity contribution is -0.122. The van der Waals surface area contributed by atoms with Gasteiger partial charge in [-0.25, -0.2) is 0 Å². The summed E-state index contributed by atoms with van der Waals surface area (Å²) < 4.78 is 0. The van der Waals surface area contributed by atoms with Crippen molar-refractivity contribution in [3.63, 3.8) is 0 Å². The number of hydrogen-bond donors (Lipinski definition) is 3. The normalized spacial score (nSPS) is 24.1. The predicted octanol–water partition coefficient (Wildman–Crippen LogP) is 1.22. The van der Waals surface area contributed by atoms with Gasteiger partial charge in [-0.05, 0) is 37.2 Å². The summed E-state index contributed by atoms with van der Waals surface area (Å²) in [6.45, 7) is 0.623. The molecule has 1 aromatic rings. The first kappa shape index (κ1) is 15.0. The predicted molar refractivity (Wildman–Crippen MR) is 79.1 cm³/mol. The van der Waals surface area contributed by atoms with Crippen molar-refractivity contribution in [2.24, 2.45) is 11.7 Å². The molecule has 0 radical (unpaired) electrons. The summed E-state index contributed by atoms with van der Waals surface area (Å²) in [7, 11) is 0. The van der Waals surface area contributed by atoms with Crippen LogP contribution in [0.1, 0.15) is 31.2 Å². The second-order valence-electron chi connectivity index (χ2n) is 5.73. The van der Waals surface area contributed by atoms with E-state index in [-0.39, 0.29) is 12.0 Å². The number of nitrogens with one attached hydrogen (secondary N) is 1. The Morgan fingerprint density at radius 2 is 2.10 bits per heavy atom. The molecule has 4 nitrogen and oxygen atoms in total. The third kappa shape index (κ3) is 4.62. The highest BCUT2D eigenvalue weighted by molar-refractivity contribution is 5.81. The zero-order chi connectivity index (χ0) is 14.4. The molecular formula is C16H24N2O2. The van der Waals surface area contributed by atoms with E-state index < -0.39 is 6.04 Å². The number of benzene rings is 1. The van der Waals surface area contributed by atoms with Gasteiger partial charge in [0.1, 0.15) is 0 Å². The molecule has 2 rings (SSSR count). The highest BCUT2D eigenvalue weighted by Crippen LogP contribution is 2.23. The molecule has 20 heavy (non-hydrogen) atoms. The van der Waals surface area contributed by atoms with E-state index in [0.29, 0.717) is 18.9 Å². The Bertz CT molecular complexity index is 422. The first-order valence-electron chi connectivity index (χ1n) is 7.40. The van der Waals surface area contributed by atoms with Gasteiger partial charge in [0.2, 0.25) is 5.91 Å². The molecule has 1 saturated carbocycles. The molecule has 1 amide bonds. The lowest BCUT2D eigenvalue weighted by atomic mass is 9.87. The molecule has 4 N–H and O–H groups in total. The largest absolute Gasteiger partial charge is 0.393 e. The number of carbonyl (C=O) groups is 1. The summed E-state index contributed by atoms with van der Waals surface area (Å²) in [4.78, 5) is 12.0. The Kier molecular flexibility index (Phi) is 5.56. The Hall–Kier alpha value is -1.39. The maximum atomic E-state index is 12.0. The number of amides is 1. The van der Waals surface area contributed by atoms with Crippen molar-refractivity contribution in [3.05, 3.63) is 35.9 Å². The van der Waals surface area contributed by atoms with Gasteiger partial charge in [0.15, 0.2) is 0 Å². The van der Waals surface area contributed by atoms with Gasteiger partial charge in [-0.2, -0.15) is 0 Å². The number of aliphatic hydroxyl groups is 1. The minimum atomic E-state index is -0.508. The van der Waals surface area contributed by atoms with Gasteiger partial charge in [0.25, 0.3) is 0 Å². The van der Waals surface area contributed by atoms with Crippen LogP contribution in [0.4, 0.5) is 0 Å². The number of carbonyl (C=O) groups excluding carboxylic acids is 1. The van der Waals surface area contributed by atoms with Gasteiger partial charge >= 0.3 is 0 Å². The summed E-state index contributed by atoms with van der Waals surface area (Å²) in [5, 5.41) is 12.5. The average molecular weight is 276 g/mol. The number of aliphatic hydroxyl groups excluding tert-OH is 1. The van der Waals surface area contributed by atoms with E-state index in [1.807, 2.05) is 30.3 Å². The molecule has 1 aromatic carbocycles. The van der Waals surface area contributed by atoms with Crippen molar-refractivity contribution in [3.8, 4) is 0 Å². The van der Waals surface area contributed by atoms with Crippen molar-refractivity contribution in [2.75, 3.05) is 6.54 Å². The zero-order valence-corrected chi connectivity index (χ0v) is 11.8. The van der Waals surface area contributed by atoms with Crippen LogP contribution in [-0.2, 0) is 11.2 Å². The van der Waals surface area contributed by atoms with Gasteiger partial charge in [0.05, 0.1) is 12.1 Å². The van der Waals surface area contributed by atoms with Crippen LogP contribution < -0.4 is 11.1 Å². The minimum absolute atomic E-state index is 0.103. The number of rotatable bonds is 5. The number of nitrogens with two attached hydrogens (primary N) is 1.